The Labute approximate surface area is 99.4 Å². The highest BCUT2D eigenvalue weighted by Gasteiger charge is 2.20. The largest absolute Gasteiger partial charge is 0.478 e. The molecule has 0 atom stereocenters. The zero-order valence-electron chi connectivity index (χ0n) is 8.98. The predicted molar refractivity (Wildman–Crippen MR) is 66.2 cm³/mol. The first-order valence-corrected chi connectivity index (χ1v) is 6.38. The molecule has 0 aromatic heterocycles. The molecule has 0 radical (unpaired) electrons. The van der Waals surface area contributed by atoms with E-state index in [0.717, 1.165) is 29.9 Å². The van der Waals surface area contributed by atoms with E-state index in [0.29, 0.717) is 5.57 Å². The van der Waals surface area contributed by atoms with Crippen molar-refractivity contribution in [3.05, 3.63) is 46.4 Å². The van der Waals surface area contributed by atoms with Gasteiger partial charge in [-0.2, -0.15) is 0 Å². The van der Waals surface area contributed by atoms with Crippen molar-refractivity contribution < 1.29 is 9.90 Å². The Kier molecular flexibility index (Phi) is 3.67. The van der Waals surface area contributed by atoms with Gasteiger partial charge in [-0.15, -0.1) is 11.8 Å². The third-order valence-electron chi connectivity index (χ3n) is 2.68. The molecule has 0 saturated heterocycles. The molecule has 84 valence electrons. The fraction of sp³-hybridized carbons (Fsp3) is 0.308. The lowest BCUT2D eigenvalue weighted by Crippen LogP contribution is -1.98. The summed E-state index contributed by atoms with van der Waals surface area (Å²) in [6, 6.07) is 10.2. The molecule has 0 spiro atoms. The standard InChI is InChI=1S/C13H14O2S/c14-13(15)11-7-4-8-12(11)16-9-10-5-2-1-3-6-10/h1-3,5-6H,4,7-9H2,(H,14,15). The highest BCUT2D eigenvalue weighted by Crippen LogP contribution is 2.36. The van der Waals surface area contributed by atoms with Gasteiger partial charge in [-0.25, -0.2) is 4.79 Å². The highest BCUT2D eigenvalue weighted by atomic mass is 32.2. The summed E-state index contributed by atoms with van der Waals surface area (Å²) in [5.74, 6) is 0.125. The zero-order valence-corrected chi connectivity index (χ0v) is 9.80. The van der Waals surface area contributed by atoms with Crippen LogP contribution in [-0.2, 0) is 10.5 Å². The summed E-state index contributed by atoms with van der Waals surface area (Å²) in [6.45, 7) is 0. The van der Waals surface area contributed by atoms with Crippen LogP contribution in [0.5, 0.6) is 0 Å². The topological polar surface area (TPSA) is 37.3 Å². The van der Waals surface area contributed by atoms with Gasteiger partial charge < -0.3 is 5.11 Å². The number of carboxylic acid groups (broad SMARTS) is 1. The molecule has 0 aliphatic heterocycles. The molecule has 16 heavy (non-hydrogen) atoms. The smallest absolute Gasteiger partial charge is 0.332 e. The van der Waals surface area contributed by atoms with Crippen molar-refractivity contribution >= 4 is 17.7 Å². The van der Waals surface area contributed by atoms with Crippen molar-refractivity contribution in [3.63, 3.8) is 0 Å². The zero-order chi connectivity index (χ0) is 11.4. The number of thioether (sulfide) groups is 1. The third kappa shape index (κ3) is 2.67. The molecule has 0 unspecified atom stereocenters. The van der Waals surface area contributed by atoms with E-state index in [-0.39, 0.29) is 0 Å². The van der Waals surface area contributed by atoms with Crippen molar-refractivity contribution in [3.8, 4) is 0 Å². The molecule has 0 fully saturated rings. The minimum Gasteiger partial charge on any atom is -0.478 e. The number of hydrogen-bond acceptors (Lipinski definition) is 2. The normalized spacial score (nSPS) is 15.5. The molecule has 3 heteroatoms. The van der Waals surface area contributed by atoms with Crippen LogP contribution in [0.1, 0.15) is 24.8 Å². The number of benzene rings is 1. The lowest BCUT2D eigenvalue weighted by Gasteiger charge is -2.04. The van der Waals surface area contributed by atoms with Crippen LogP contribution < -0.4 is 0 Å². The molecule has 1 aliphatic carbocycles. The van der Waals surface area contributed by atoms with Crippen LogP contribution in [0.15, 0.2) is 40.8 Å². The van der Waals surface area contributed by atoms with E-state index in [2.05, 4.69) is 12.1 Å². The van der Waals surface area contributed by atoms with E-state index < -0.39 is 5.97 Å². The second-order valence-electron chi connectivity index (χ2n) is 3.83. The molecule has 2 nitrogen and oxygen atoms in total. The van der Waals surface area contributed by atoms with Crippen LogP contribution in [-0.4, -0.2) is 11.1 Å². The summed E-state index contributed by atoms with van der Waals surface area (Å²) in [7, 11) is 0. The van der Waals surface area contributed by atoms with Crippen LogP contribution in [0.25, 0.3) is 0 Å². The monoisotopic (exact) mass is 234 g/mol. The first-order chi connectivity index (χ1) is 7.77. The van der Waals surface area contributed by atoms with Gasteiger partial charge in [0, 0.05) is 11.3 Å². The number of allylic oxidation sites excluding steroid dienone is 1. The molecule has 0 bridgehead atoms. The summed E-state index contributed by atoms with van der Waals surface area (Å²) in [5, 5.41) is 9.01. The van der Waals surface area contributed by atoms with Gasteiger partial charge in [0.2, 0.25) is 0 Å². The van der Waals surface area contributed by atoms with Crippen molar-refractivity contribution in [2.75, 3.05) is 0 Å². The van der Waals surface area contributed by atoms with Gasteiger partial charge >= 0.3 is 5.97 Å². The van der Waals surface area contributed by atoms with Crippen LogP contribution in [0, 0.1) is 0 Å². The van der Waals surface area contributed by atoms with Gasteiger partial charge in [-0.1, -0.05) is 30.3 Å². The fourth-order valence-electron chi connectivity index (χ4n) is 1.85. The minimum atomic E-state index is -0.743. The molecule has 0 heterocycles. The quantitative estimate of drug-likeness (QED) is 0.867. The lowest BCUT2D eigenvalue weighted by molar-refractivity contribution is -0.132. The first-order valence-electron chi connectivity index (χ1n) is 5.39. The Hall–Kier alpha value is -1.22. The molecular weight excluding hydrogens is 220 g/mol. The highest BCUT2D eigenvalue weighted by molar-refractivity contribution is 8.02. The number of aliphatic carboxylic acids is 1. The first kappa shape index (κ1) is 11.3. The molecular formula is C13H14O2S. The number of carboxylic acids is 1. The Morgan fingerprint density at radius 3 is 2.69 bits per heavy atom. The molecule has 0 amide bonds. The van der Waals surface area contributed by atoms with E-state index >= 15 is 0 Å². The second-order valence-corrected chi connectivity index (χ2v) is 4.90. The van der Waals surface area contributed by atoms with Crippen molar-refractivity contribution in [1.82, 2.24) is 0 Å². The third-order valence-corrected chi connectivity index (χ3v) is 3.96. The Bertz CT molecular complexity index is 409. The SMILES string of the molecule is O=C(O)C1=C(SCc2ccccc2)CCC1. The maximum Gasteiger partial charge on any atom is 0.332 e. The van der Waals surface area contributed by atoms with Crippen LogP contribution in [0.3, 0.4) is 0 Å². The Morgan fingerprint density at radius 2 is 2.00 bits per heavy atom. The minimum absolute atomic E-state index is 0.626. The van der Waals surface area contributed by atoms with Crippen LogP contribution in [0.2, 0.25) is 0 Å². The maximum atomic E-state index is 11.0. The van der Waals surface area contributed by atoms with Gasteiger partial charge in [0.15, 0.2) is 0 Å². The Morgan fingerprint density at radius 1 is 1.25 bits per heavy atom. The van der Waals surface area contributed by atoms with Crippen LogP contribution >= 0.6 is 11.8 Å². The Balaban J connectivity index is 2.00. The molecule has 1 N–H and O–H groups in total. The van der Waals surface area contributed by atoms with E-state index in [4.69, 9.17) is 5.11 Å². The fourth-order valence-corrected chi connectivity index (χ4v) is 3.03. The maximum absolute atomic E-state index is 11.0. The van der Waals surface area contributed by atoms with Gasteiger partial charge in [-0.05, 0) is 29.7 Å². The van der Waals surface area contributed by atoms with Gasteiger partial charge in [0.25, 0.3) is 0 Å². The average Bonchev–Trinajstić information content (AvgIpc) is 2.76. The number of rotatable bonds is 4. The lowest BCUT2D eigenvalue weighted by atomic mass is 10.2. The summed E-state index contributed by atoms with van der Waals surface area (Å²) >= 11 is 1.67. The van der Waals surface area contributed by atoms with Crippen molar-refractivity contribution in [2.24, 2.45) is 0 Å². The summed E-state index contributed by atoms with van der Waals surface area (Å²) in [4.78, 5) is 12.0. The molecule has 1 aromatic rings. The summed E-state index contributed by atoms with van der Waals surface area (Å²) in [5.41, 5.74) is 1.87. The predicted octanol–water partition coefficient (Wildman–Crippen LogP) is 3.44. The van der Waals surface area contributed by atoms with Gasteiger partial charge in [0.05, 0.1) is 0 Å². The van der Waals surface area contributed by atoms with Gasteiger partial charge in [0.1, 0.15) is 0 Å². The number of hydrogen-bond donors (Lipinski definition) is 1. The van der Waals surface area contributed by atoms with Gasteiger partial charge in [-0.3, -0.25) is 0 Å². The van der Waals surface area contributed by atoms with E-state index in [1.54, 1.807) is 11.8 Å². The van der Waals surface area contributed by atoms with Crippen molar-refractivity contribution in [2.45, 2.75) is 25.0 Å². The summed E-state index contributed by atoms with van der Waals surface area (Å²) in [6.07, 6.45) is 2.64. The molecule has 2 rings (SSSR count). The van der Waals surface area contributed by atoms with E-state index in [1.807, 2.05) is 18.2 Å². The van der Waals surface area contributed by atoms with Crippen LogP contribution in [0.4, 0.5) is 0 Å². The average molecular weight is 234 g/mol. The number of carbonyl (C=O) groups is 1. The molecule has 1 aliphatic rings. The molecule has 1 aromatic carbocycles. The molecule has 0 saturated carbocycles. The van der Waals surface area contributed by atoms with E-state index in [9.17, 15) is 4.79 Å². The summed E-state index contributed by atoms with van der Waals surface area (Å²) < 4.78 is 0. The second kappa shape index (κ2) is 5.21. The van der Waals surface area contributed by atoms with E-state index in [1.165, 1.54) is 5.56 Å². The van der Waals surface area contributed by atoms with Crippen molar-refractivity contribution in [1.29, 1.82) is 0 Å².